The van der Waals surface area contributed by atoms with E-state index in [0.717, 1.165) is 26.1 Å². The Morgan fingerprint density at radius 1 is 1.38 bits per heavy atom. The summed E-state index contributed by atoms with van der Waals surface area (Å²) in [5, 5.41) is 0. The van der Waals surface area contributed by atoms with Crippen molar-refractivity contribution in [1.82, 2.24) is 5.43 Å². The van der Waals surface area contributed by atoms with Gasteiger partial charge in [-0.2, -0.15) is 0 Å². The Hall–Kier alpha value is -0.380. The van der Waals surface area contributed by atoms with Crippen molar-refractivity contribution in [1.29, 1.82) is 0 Å². The van der Waals surface area contributed by atoms with Crippen LogP contribution in [0.2, 0.25) is 0 Å². The maximum absolute atomic E-state index is 5.62. The SMILES string of the molecule is CCCOCCC(NN)C1=CCCCCC1. The van der Waals surface area contributed by atoms with Gasteiger partial charge in [0.1, 0.15) is 0 Å². The van der Waals surface area contributed by atoms with E-state index in [2.05, 4.69) is 18.4 Å². The minimum atomic E-state index is 0.315. The number of ether oxygens (including phenoxy) is 1. The molecule has 0 aromatic heterocycles. The summed E-state index contributed by atoms with van der Waals surface area (Å²) in [5.41, 5.74) is 4.41. The van der Waals surface area contributed by atoms with E-state index in [0.29, 0.717) is 6.04 Å². The van der Waals surface area contributed by atoms with Crippen LogP contribution in [-0.4, -0.2) is 19.3 Å². The molecular weight excluding hydrogens is 200 g/mol. The average molecular weight is 226 g/mol. The van der Waals surface area contributed by atoms with Gasteiger partial charge >= 0.3 is 0 Å². The molecule has 0 fully saturated rings. The molecule has 1 unspecified atom stereocenters. The van der Waals surface area contributed by atoms with Gasteiger partial charge in [-0.1, -0.05) is 25.0 Å². The lowest BCUT2D eigenvalue weighted by Crippen LogP contribution is -2.37. The van der Waals surface area contributed by atoms with Crippen LogP contribution in [0.3, 0.4) is 0 Å². The molecule has 0 saturated heterocycles. The molecule has 1 atom stereocenters. The average Bonchev–Trinajstić information content (AvgIpc) is 2.58. The van der Waals surface area contributed by atoms with Crippen molar-refractivity contribution in [2.75, 3.05) is 13.2 Å². The Balaban J connectivity index is 2.30. The monoisotopic (exact) mass is 226 g/mol. The lowest BCUT2D eigenvalue weighted by atomic mass is 10.0. The topological polar surface area (TPSA) is 47.3 Å². The lowest BCUT2D eigenvalue weighted by Gasteiger charge is -2.19. The van der Waals surface area contributed by atoms with E-state index in [-0.39, 0.29) is 0 Å². The summed E-state index contributed by atoms with van der Waals surface area (Å²) in [7, 11) is 0. The van der Waals surface area contributed by atoms with Gasteiger partial charge in [-0.15, -0.1) is 0 Å². The van der Waals surface area contributed by atoms with Gasteiger partial charge in [0.05, 0.1) is 0 Å². The largest absolute Gasteiger partial charge is 0.381 e. The normalized spacial score (nSPS) is 19.0. The Morgan fingerprint density at radius 2 is 2.25 bits per heavy atom. The fourth-order valence-corrected chi connectivity index (χ4v) is 2.18. The summed E-state index contributed by atoms with van der Waals surface area (Å²) in [6.07, 6.45) is 10.8. The van der Waals surface area contributed by atoms with Crippen LogP contribution in [0, 0.1) is 0 Å². The highest BCUT2D eigenvalue weighted by Gasteiger charge is 2.13. The number of hydrogen-bond acceptors (Lipinski definition) is 3. The van der Waals surface area contributed by atoms with Crippen molar-refractivity contribution in [2.45, 2.75) is 57.9 Å². The van der Waals surface area contributed by atoms with Crippen molar-refractivity contribution in [3.05, 3.63) is 11.6 Å². The molecule has 94 valence electrons. The number of rotatable bonds is 7. The van der Waals surface area contributed by atoms with Gasteiger partial charge in [-0.25, -0.2) is 0 Å². The maximum atomic E-state index is 5.62. The molecule has 3 N–H and O–H groups in total. The Bertz CT molecular complexity index is 204. The molecule has 0 aromatic carbocycles. The summed E-state index contributed by atoms with van der Waals surface area (Å²) >= 11 is 0. The van der Waals surface area contributed by atoms with Crippen LogP contribution in [0.15, 0.2) is 11.6 Å². The number of allylic oxidation sites excluding steroid dienone is 1. The first-order valence-corrected chi connectivity index (χ1v) is 6.61. The van der Waals surface area contributed by atoms with E-state index in [4.69, 9.17) is 10.6 Å². The molecule has 0 saturated carbocycles. The maximum Gasteiger partial charge on any atom is 0.0484 e. The second kappa shape index (κ2) is 8.74. The summed E-state index contributed by atoms with van der Waals surface area (Å²) in [5.74, 6) is 5.62. The lowest BCUT2D eigenvalue weighted by molar-refractivity contribution is 0.127. The van der Waals surface area contributed by atoms with E-state index >= 15 is 0 Å². The van der Waals surface area contributed by atoms with Crippen molar-refractivity contribution < 1.29 is 4.74 Å². The number of hydrazine groups is 1. The highest BCUT2D eigenvalue weighted by molar-refractivity contribution is 5.11. The Kier molecular flexibility index (Phi) is 7.47. The van der Waals surface area contributed by atoms with Gasteiger partial charge in [0.2, 0.25) is 0 Å². The first-order valence-electron chi connectivity index (χ1n) is 6.61. The minimum absolute atomic E-state index is 0.315. The van der Waals surface area contributed by atoms with Crippen molar-refractivity contribution in [3.63, 3.8) is 0 Å². The Labute approximate surface area is 99.4 Å². The van der Waals surface area contributed by atoms with Crippen LogP contribution in [0.1, 0.15) is 51.9 Å². The second-order valence-corrected chi connectivity index (χ2v) is 4.50. The van der Waals surface area contributed by atoms with Crippen molar-refractivity contribution >= 4 is 0 Å². The van der Waals surface area contributed by atoms with Gasteiger partial charge < -0.3 is 4.74 Å². The van der Waals surface area contributed by atoms with Gasteiger partial charge in [-0.3, -0.25) is 11.3 Å². The molecule has 0 amide bonds. The summed E-state index contributed by atoms with van der Waals surface area (Å²) in [4.78, 5) is 0. The summed E-state index contributed by atoms with van der Waals surface area (Å²) < 4.78 is 5.51. The van der Waals surface area contributed by atoms with Gasteiger partial charge in [0.25, 0.3) is 0 Å². The number of nitrogens with two attached hydrogens (primary N) is 1. The van der Waals surface area contributed by atoms with Crippen molar-refractivity contribution in [2.24, 2.45) is 5.84 Å². The highest BCUT2D eigenvalue weighted by Crippen LogP contribution is 2.21. The predicted octanol–water partition coefficient (Wildman–Crippen LogP) is 2.53. The summed E-state index contributed by atoms with van der Waals surface area (Å²) in [6.45, 7) is 3.79. The third kappa shape index (κ3) is 5.10. The molecule has 0 aliphatic heterocycles. The molecule has 1 aliphatic carbocycles. The highest BCUT2D eigenvalue weighted by atomic mass is 16.5. The fraction of sp³-hybridized carbons (Fsp3) is 0.846. The van der Waals surface area contributed by atoms with E-state index < -0.39 is 0 Å². The quantitative estimate of drug-likeness (QED) is 0.303. The van der Waals surface area contributed by atoms with Crippen LogP contribution >= 0.6 is 0 Å². The zero-order chi connectivity index (χ0) is 11.6. The molecule has 3 heteroatoms. The van der Waals surface area contributed by atoms with E-state index in [1.807, 2.05) is 0 Å². The number of hydrogen-bond donors (Lipinski definition) is 2. The molecule has 1 rings (SSSR count). The molecule has 16 heavy (non-hydrogen) atoms. The van der Waals surface area contributed by atoms with Crippen LogP contribution in [0.25, 0.3) is 0 Å². The van der Waals surface area contributed by atoms with E-state index in [1.165, 1.54) is 37.7 Å². The first-order chi connectivity index (χ1) is 7.88. The summed E-state index contributed by atoms with van der Waals surface area (Å²) in [6, 6.07) is 0.315. The van der Waals surface area contributed by atoms with Crippen LogP contribution in [-0.2, 0) is 4.74 Å². The third-order valence-electron chi connectivity index (χ3n) is 3.12. The van der Waals surface area contributed by atoms with E-state index in [1.54, 1.807) is 0 Å². The predicted molar refractivity (Wildman–Crippen MR) is 68.0 cm³/mol. The Morgan fingerprint density at radius 3 is 3.00 bits per heavy atom. The van der Waals surface area contributed by atoms with E-state index in [9.17, 15) is 0 Å². The second-order valence-electron chi connectivity index (χ2n) is 4.50. The van der Waals surface area contributed by atoms with Crippen LogP contribution in [0.5, 0.6) is 0 Å². The molecule has 0 heterocycles. The third-order valence-corrected chi connectivity index (χ3v) is 3.12. The number of nitrogens with one attached hydrogen (secondary N) is 1. The van der Waals surface area contributed by atoms with Crippen LogP contribution < -0.4 is 11.3 Å². The molecular formula is C13H26N2O. The zero-order valence-electron chi connectivity index (χ0n) is 10.5. The first kappa shape index (κ1) is 13.7. The molecule has 0 radical (unpaired) electrons. The van der Waals surface area contributed by atoms with Crippen molar-refractivity contribution in [3.8, 4) is 0 Å². The molecule has 0 spiro atoms. The molecule has 1 aliphatic rings. The molecule has 0 aromatic rings. The van der Waals surface area contributed by atoms with Gasteiger partial charge in [0, 0.05) is 19.3 Å². The standard InChI is InChI=1S/C13H26N2O/c1-2-10-16-11-9-13(15-14)12-7-5-3-4-6-8-12/h7,13,15H,2-6,8-11,14H2,1H3. The minimum Gasteiger partial charge on any atom is -0.381 e. The van der Waals surface area contributed by atoms with Gasteiger partial charge in [-0.05, 0) is 38.5 Å². The van der Waals surface area contributed by atoms with Gasteiger partial charge in [0.15, 0.2) is 0 Å². The fourth-order valence-electron chi connectivity index (χ4n) is 2.18. The zero-order valence-corrected chi connectivity index (χ0v) is 10.5. The molecule has 0 bridgehead atoms. The molecule has 3 nitrogen and oxygen atoms in total. The smallest absolute Gasteiger partial charge is 0.0484 e. The van der Waals surface area contributed by atoms with Crippen LogP contribution in [0.4, 0.5) is 0 Å².